The Morgan fingerprint density at radius 2 is 2.08 bits per heavy atom. The van der Waals surface area contributed by atoms with Gasteiger partial charge < -0.3 is 29.0 Å². The Balaban J connectivity index is 1.60. The summed E-state index contributed by atoms with van der Waals surface area (Å²) in [6.07, 6.45) is 6.10. The van der Waals surface area contributed by atoms with Crippen molar-refractivity contribution in [1.82, 2.24) is 4.90 Å². The van der Waals surface area contributed by atoms with Crippen molar-refractivity contribution in [2.24, 2.45) is 11.8 Å². The van der Waals surface area contributed by atoms with Crippen LogP contribution < -0.4 is 9.47 Å². The van der Waals surface area contributed by atoms with E-state index in [0.717, 1.165) is 37.0 Å². The van der Waals surface area contributed by atoms with Gasteiger partial charge in [-0.05, 0) is 73.3 Å². The second kappa shape index (κ2) is 11.2. The fourth-order valence-electron chi connectivity index (χ4n) is 5.92. The van der Waals surface area contributed by atoms with Crippen LogP contribution in [0.4, 0.5) is 4.79 Å². The number of piperidine rings is 1. The third kappa shape index (κ3) is 6.43. The molecular formula is C30H45NO6. The van der Waals surface area contributed by atoms with Gasteiger partial charge in [0.25, 0.3) is 0 Å². The maximum absolute atomic E-state index is 12.8. The molecule has 2 fully saturated rings. The van der Waals surface area contributed by atoms with Crippen LogP contribution in [0, 0.1) is 11.8 Å². The van der Waals surface area contributed by atoms with Gasteiger partial charge in [-0.15, -0.1) is 0 Å². The summed E-state index contributed by atoms with van der Waals surface area (Å²) in [6, 6.07) is 6.04. The molecule has 4 rings (SSSR count). The molecule has 2 saturated heterocycles. The van der Waals surface area contributed by atoms with Crippen LogP contribution in [-0.2, 0) is 9.47 Å². The van der Waals surface area contributed by atoms with E-state index in [0.29, 0.717) is 31.9 Å². The van der Waals surface area contributed by atoms with E-state index >= 15 is 0 Å². The number of benzene rings is 1. The highest BCUT2D eigenvalue weighted by molar-refractivity contribution is 5.68. The predicted molar refractivity (Wildman–Crippen MR) is 143 cm³/mol. The number of aliphatic hydroxyl groups is 1. The van der Waals surface area contributed by atoms with Crippen molar-refractivity contribution in [3.05, 3.63) is 35.4 Å². The van der Waals surface area contributed by atoms with Gasteiger partial charge in [0.1, 0.15) is 11.2 Å². The monoisotopic (exact) mass is 515 g/mol. The molecule has 5 atom stereocenters. The number of hydrogen-bond donors (Lipinski definition) is 1. The number of ether oxygens (including phenoxy) is 4. The van der Waals surface area contributed by atoms with E-state index in [9.17, 15) is 9.90 Å². The lowest BCUT2D eigenvalue weighted by Crippen LogP contribution is -2.57. The first-order valence-electron chi connectivity index (χ1n) is 13.8. The molecular weight excluding hydrogens is 470 g/mol. The normalized spacial score (nSPS) is 28.8. The molecule has 0 radical (unpaired) electrons. The Bertz CT molecular complexity index is 981. The molecule has 0 unspecified atom stereocenters. The second-order valence-electron chi connectivity index (χ2n) is 12.2. The largest absolute Gasteiger partial charge is 0.490 e. The van der Waals surface area contributed by atoms with Crippen LogP contribution >= 0.6 is 0 Å². The lowest BCUT2D eigenvalue weighted by Gasteiger charge is -2.54. The lowest BCUT2D eigenvalue weighted by atomic mass is 9.68. The molecule has 1 aromatic rings. The van der Waals surface area contributed by atoms with E-state index < -0.39 is 11.2 Å². The zero-order valence-corrected chi connectivity index (χ0v) is 23.4. The number of rotatable bonds is 7. The summed E-state index contributed by atoms with van der Waals surface area (Å²) in [5, 5.41) is 9.21. The highest BCUT2D eigenvalue weighted by Gasteiger charge is 2.54. The van der Waals surface area contributed by atoms with Gasteiger partial charge in [0.15, 0.2) is 11.5 Å². The molecule has 0 aromatic heterocycles. The number of fused-ring (bicyclic) bond motifs is 4. The van der Waals surface area contributed by atoms with E-state index in [1.165, 1.54) is 5.57 Å². The Labute approximate surface area is 222 Å². The van der Waals surface area contributed by atoms with Crippen LogP contribution in [0.3, 0.4) is 0 Å². The molecule has 7 nitrogen and oxygen atoms in total. The number of likely N-dealkylation sites (tertiary alicyclic amines) is 1. The molecule has 1 N–H and O–H groups in total. The number of carbonyl (C=O) groups is 1. The summed E-state index contributed by atoms with van der Waals surface area (Å²) in [7, 11) is 0. The van der Waals surface area contributed by atoms with Gasteiger partial charge in [0.2, 0.25) is 0 Å². The average Bonchev–Trinajstić information content (AvgIpc) is 2.82. The molecule has 1 aromatic carbocycles. The number of allylic oxidation sites excluding steroid dienone is 2. The van der Waals surface area contributed by atoms with Crippen LogP contribution in [0.1, 0.15) is 85.3 Å². The molecule has 0 aliphatic carbocycles. The van der Waals surface area contributed by atoms with Crippen LogP contribution in [0.15, 0.2) is 29.8 Å². The number of carbonyl (C=O) groups excluding carboxylic acids is 1. The second-order valence-corrected chi connectivity index (χ2v) is 12.2. The Hall–Kier alpha value is -2.25. The minimum absolute atomic E-state index is 0.0869. The molecule has 7 heteroatoms. The van der Waals surface area contributed by atoms with Crippen LogP contribution in [-0.4, -0.2) is 59.7 Å². The smallest absolute Gasteiger partial charge is 0.410 e. The molecule has 3 heterocycles. The molecule has 3 aliphatic rings. The summed E-state index contributed by atoms with van der Waals surface area (Å²) in [4.78, 5) is 14.7. The van der Waals surface area contributed by atoms with Crippen LogP contribution in [0.2, 0.25) is 0 Å². The number of para-hydroxylation sites is 1. The maximum atomic E-state index is 12.8. The van der Waals surface area contributed by atoms with Crippen molar-refractivity contribution in [2.45, 2.75) is 97.1 Å². The van der Waals surface area contributed by atoms with Crippen LogP contribution in [0.5, 0.6) is 11.5 Å². The highest BCUT2D eigenvalue weighted by Crippen LogP contribution is 2.56. The number of aliphatic hydroxyl groups excluding tert-OH is 1. The van der Waals surface area contributed by atoms with E-state index in [-0.39, 0.29) is 36.7 Å². The van der Waals surface area contributed by atoms with E-state index in [2.05, 4.69) is 32.9 Å². The summed E-state index contributed by atoms with van der Waals surface area (Å²) >= 11 is 0. The summed E-state index contributed by atoms with van der Waals surface area (Å²) in [5.74, 6) is 1.87. The minimum atomic E-state index is -0.510. The van der Waals surface area contributed by atoms with Crippen molar-refractivity contribution >= 4 is 6.09 Å². The standard InChI is InChI=1S/C30H45NO6/c1-20(2)10-8-14-30(6)23-18-21-19-31(28(33)37-29(3,4)5)15-13-24(21)35-26(23)22-11-7-12-25(27(22)36-30)34-17-9-16-32/h7,10-12,21,23-24,26,32H,8-9,13-19H2,1-6H3/t21-,23-,24-,26+,30-/m0/s1. The van der Waals surface area contributed by atoms with Gasteiger partial charge in [0, 0.05) is 43.5 Å². The zero-order chi connectivity index (χ0) is 26.8. The number of nitrogens with zero attached hydrogens (tertiary/aromatic N) is 1. The molecule has 0 bridgehead atoms. The summed E-state index contributed by atoms with van der Waals surface area (Å²) in [6.45, 7) is 14.0. The van der Waals surface area contributed by atoms with E-state index in [1.54, 1.807) is 0 Å². The molecule has 0 saturated carbocycles. The molecule has 37 heavy (non-hydrogen) atoms. The third-order valence-corrected chi connectivity index (χ3v) is 7.75. The fraction of sp³-hybridized carbons (Fsp3) is 0.700. The number of hydrogen-bond acceptors (Lipinski definition) is 6. The first kappa shape index (κ1) is 27.8. The van der Waals surface area contributed by atoms with Crippen molar-refractivity contribution < 1.29 is 28.8 Å². The molecule has 0 spiro atoms. The Kier molecular flexibility index (Phi) is 8.44. The maximum Gasteiger partial charge on any atom is 0.410 e. The Morgan fingerprint density at radius 3 is 2.78 bits per heavy atom. The van der Waals surface area contributed by atoms with Gasteiger partial charge in [-0.1, -0.05) is 23.8 Å². The fourth-order valence-corrected chi connectivity index (χ4v) is 5.92. The van der Waals surface area contributed by atoms with Crippen molar-refractivity contribution in [3.63, 3.8) is 0 Å². The summed E-state index contributed by atoms with van der Waals surface area (Å²) < 4.78 is 25.4. The van der Waals surface area contributed by atoms with Gasteiger partial charge in [-0.2, -0.15) is 0 Å². The number of amides is 1. The first-order chi connectivity index (χ1) is 17.5. The molecule has 206 valence electrons. The minimum Gasteiger partial charge on any atom is -0.490 e. The quantitative estimate of drug-likeness (QED) is 0.352. The van der Waals surface area contributed by atoms with Crippen LogP contribution in [0.25, 0.3) is 0 Å². The van der Waals surface area contributed by atoms with E-state index in [4.69, 9.17) is 18.9 Å². The van der Waals surface area contributed by atoms with Crippen molar-refractivity contribution in [3.8, 4) is 11.5 Å². The highest BCUT2D eigenvalue weighted by atomic mass is 16.6. The summed E-state index contributed by atoms with van der Waals surface area (Å²) in [5.41, 5.74) is 1.38. The van der Waals surface area contributed by atoms with Crippen molar-refractivity contribution in [1.29, 1.82) is 0 Å². The zero-order valence-electron chi connectivity index (χ0n) is 23.4. The van der Waals surface area contributed by atoms with E-state index in [1.807, 2.05) is 37.8 Å². The van der Waals surface area contributed by atoms with Gasteiger partial charge in [-0.25, -0.2) is 4.79 Å². The first-order valence-corrected chi connectivity index (χ1v) is 13.8. The van der Waals surface area contributed by atoms with Gasteiger partial charge >= 0.3 is 6.09 Å². The predicted octanol–water partition coefficient (Wildman–Crippen LogP) is 6.05. The molecule has 1 amide bonds. The Morgan fingerprint density at radius 1 is 1.30 bits per heavy atom. The SMILES string of the molecule is CC(C)=CCC[C@]1(C)Oc2c(OCCCO)cccc2[C@H]2O[C@H]3CCN(C(=O)OC(C)(C)C)C[C@@H]3C[C@@H]21. The topological polar surface area (TPSA) is 77.5 Å². The van der Waals surface area contributed by atoms with Gasteiger partial charge in [-0.3, -0.25) is 0 Å². The van der Waals surface area contributed by atoms with Gasteiger partial charge in [0.05, 0.1) is 18.8 Å². The molecule has 3 aliphatic heterocycles. The van der Waals surface area contributed by atoms with Crippen molar-refractivity contribution in [2.75, 3.05) is 26.3 Å². The average molecular weight is 516 g/mol. The third-order valence-electron chi connectivity index (χ3n) is 7.75. The lowest BCUT2D eigenvalue weighted by molar-refractivity contribution is -0.191.